The van der Waals surface area contributed by atoms with Gasteiger partial charge in [0.25, 0.3) is 11.8 Å². The SMILES string of the molecule is O=C(NCc1ccc(F)cc1F)c1cn2c(c(OCc3ccccc3)c1=O)C(=O)N1C(Cc3c[nH]c4ccccc34)COC1C2. The number of carbonyl (C=O) groups excluding carboxylic acids is 2. The Labute approximate surface area is 256 Å². The summed E-state index contributed by atoms with van der Waals surface area (Å²) in [5.41, 5.74) is 1.83. The van der Waals surface area contributed by atoms with E-state index < -0.39 is 35.1 Å². The van der Waals surface area contributed by atoms with Crippen molar-refractivity contribution in [3.8, 4) is 5.75 Å². The molecular formula is C34H28F2N4O5. The molecule has 2 unspecified atom stereocenters. The fourth-order valence-electron chi connectivity index (χ4n) is 6.02. The molecular weight excluding hydrogens is 582 g/mol. The van der Waals surface area contributed by atoms with Crippen LogP contribution in [-0.4, -0.2) is 45.1 Å². The van der Waals surface area contributed by atoms with Crippen molar-refractivity contribution in [2.24, 2.45) is 0 Å². The third kappa shape index (κ3) is 5.35. The lowest BCUT2D eigenvalue weighted by molar-refractivity contribution is 0.00554. The van der Waals surface area contributed by atoms with Crippen LogP contribution in [0, 0.1) is 11.6 Å². The van der Waals surface area contributed by atoms with Crippen molar-refractivity contribution in [2.75, 3.05) is 6.61 Å². The third-order valence-electron chi connectivity index (χ3n) is 8.27. The molecule has 3 aromatic carbocycles. The van der Waals surface area contributed by atoms with Crippen LogP contribution in [0.4, 0.5) is 8.78 Å². The standard InChI is InChI=1S/C34H28F2N4O5/c35-23-11-10-21(27(36)13-23)14-38-33(42)26-16-39-17-29-40(24(19-44-29)12-22-15-37-28-9-5-4-8-25(22)28)34(43)30(39)32(31(26)41)45-18-20-6-2-1-3-7-20/h1-11,13,15-16,24,29,37H,12,14,17-19H2,(H,38,42). The number of rotatable bonds is 8. The van der Waals surface area contributed by atoms with Crippen LogP contribution < -0.4 is 15.5 Å². The molecule has 1 saturated heterocycles. The summed E-state index contributed by atoms with van der Waals surface area (Å²) in [6.07, 6.45) is 3.17. The van der Waals surface area contributed by atoms with E-state index in [0.717, 1.165) is 34.2 Å². The molecule has 7 rings (SSSR count). The van der Waals surface area contributed by atoms with Crippen LogP contribution in [0.3, 0.4) is 0 Å². The van der Waals surface area contributed by atoms with Gasteiger partial charge in [-0.15, -0.1) is 0 Å². The highest BCUT2D eigenvalue weighted by Crippen LogP contribution is 2.33. The van der Waals surface area contributed by atoms with E-state index in [2.05, 4.69) is 10.3 Å². The van der Waals surface area contributed by atoms with Gasteiger partial charge in [0, 0.05) is 41.5 Å². The Bertz CT molecular complexity index is 1990. The van der Waals surface area contributed by atoms with Crippen molar-refractivity contribution in [1.82, 2.24) is 19.8 Å². The zero-order valence-corrected chi connectivity index (χ0v) is 24.0. The Morgan fingerprint density at radius 3 is 2.64 bits per heavy atom. The molecule has 0 saturated carbocycles. The number of fused-ring (bicyclic) bond motifs is 3. The van der Waals surface area contributed by atoms with Gasteiger partial charge in [-0.3, -0.25) is 14.4 Å². The van der Waals surface area contributed by atoms with Crippen LogP contribution in [0.2, 0.25) is 0 Å². The summed E-state index contributed by atoms with van der Waals surface area (Å²) in [5, 5.41) is 3.59. The fourth-order valence-corrected chi connectivity index (χ4v) is 6.02. The second kappa shape index (κ2) is 11.7. The minimum atomic E-state index is -0.824. The molecule has 0 spiro atoms. The number of aromatic amines is 1. The molecule has 2 amide bonds. The van der Waals surface area contributed by atoms with E-state index in [9.17, 15) is 23.2 Å². The van der Waals surface area contributed by atoms with Gasteiger partial charge in [-0.05, 0) is 29.7 Å². The van der Waals surface area contributed by atoms with Gasteiger partial charge in [-0.2, -0.15) is 0 Å². The number of halogens is 2. The van der Waals surface area contributed by atoms with E-state index >= 15 is 0 Å². The van der Waals surface area contributed by atoms with Gasteiger partial charge >= 0.3 is 0 Å². The first-order valence-electron chi connectivity index (χ1n) is 14.5. The zero-order chi connectivity index (χ0) is 31.1. The molecule has 228 valence electrons. The van der Waals surface area contributed by atoms with Crippen molar-refractivity contribution in [2.45, 2.75) is 38.4 Å². The molecule has 4 heterocycles. The van der Waals surface area contributed by atoms with Gasteiger partial charge in [-0.1, -0.05) is 54.6 Å². The van der Waals surface area contributed by atoms with E-state index in [1.54, 1.807) is 4.90 Å². The quantitative estimate of drug-likeness (QED) is 0.269. The maximum Gasteiger partial charge on any atom is 0.276 e. The van der Waals surface area contributed by atoms with E-state index in [1.165, 1.54) is 16.8 Å². The van der Waals surface area contributed by atoms with Crippen LogP contribution >= 0.6 is 0 Å². The Kier molecular flexibility index (Phi) is 7.38. The summed E-state index contributed by atoms with van der Waals surface area (Å²) in [7, 11) is 0. The molecule has 45 heavy (non-hydrogen) atoms. The number of ether oxygens (including phenoxy) is 2. The number of carbonyl (C=O) groups is 2. The average Bonchev–Trinajstić information content (AvgIpc) is 3.65. The van der Waals surface area contributed by atoms with Gasteiger partial charge in [0.1, 0.15) is 23.8 Å². The second-order valence-electron chi connectivity index (χ2n) is 11.1. The summed E-state index contributed by atoms with van der Waals surface area (Å²) < 4.78 is 41.1. The molecule has 11 heteroatoms. The number of nitrogens with zero attached hydrogens (tertiary/aromatic N) is 2. The first-order valence-corrected chi connectivity index (χ1v) is 14.5. The summed E-state index contributed by atoms with van der Waals surface area (Å²) in [6.45, 7) is 0.174. The lowest BCUT2D eigenvalue weighted by atomic mass is 10.0. The van der Waals surface area contributed by atoms with E-state index in [1.807, 2.05) is 60.8 Å². The number of benzene rings is 3. The molecule has 0 aliphatic carbocycles. The van der Waals surface area contributed by atoms with Gasteiger partial charge in [0.15, 0.2) is 17.7 Å². The average molecular weight is 611 g/mol. The smallest absolute Gasteiger partial charge is 0.276 e. The molecule has 0 radical (unpaired) electrons. The summed E-state index contributed by atoms with van der Waals surface area (Å²) in [4.78, 5) is 46.2. The van der Waals surface area contributed by atoms with Gasteiger partial charge in [0.05, 0.1) is 19.2 Å². The Morgan fingerprint density at radius 2 is 1.82 bits per heavy atom. The largest absolute Gasteiger partial charge is 0.483 e. The van der Waals surface area contributed by atoms with Crippen molar-refractivity contribution in [3.63, 3.8) is 0 Å². The molecule has 2 aromatic heterocycles. The molecule has 2 aliphatic rings. The monoisotopic (exact) mass is 610 g/mol. The first kappa shape index (κ1) is 28.5. The number of hydrogen-bond donors (Lipinski definition) is 2. The number of para-hydroxylation sites is 1. The maximum atomic E-state index is 14.2. The van der Waals surface area contributed by atoms with Crippen LogP contribution in [-0.2, 0) is 30.9 Å². The maximum absolute atomic E-state index is 14.2. The molecule has 2 aliphatic heterocycles. The van der Waals surface area contributed by atoms with Crippen molar-refractivity contribution < 1.29 is 27.8 Å². The fraction of sp³-hybridized carbons (Fsp3) is 0.206. The zero-order valence-electron chi connectivity index (χ0n) is 24.0. The molecule has 2 N–H and O–H groups in total. The minimum Gasteiger partial charge on any atom is -0.483 e. The molecule has 1 fully saturated rings. The third-order valence-corrected chi connectivity index (χ3v) is 8.27. The number of pyridine rings is 1. The minimum absolute atomic E-state index is 0.0130. The van der Waals surface area contributed by atoms with E-state index in [4.69, 9.17) is 9.47 Å². The number of nitrogens with one attached hydrogen (secondary N) is 2. The molecule has 2 atom stereocenters. The topological polar surface area (TPSA) is 106 Å². The van der Waals surface area contributed by atoms with Crippen molar-refractivity contribution in [1.29, 1.82) is 0 Å². The highest BCUT2D eigenvalue weighted by molar-refractivity contribution is 5.99. The van der Waals surface area contributed by atoms with Crippen LogP contribution in [0.15, 0.2) is 90.0 Å². The predicted molar refractivity (Wildman–Crippen MR) is 161 cm³/mol. The van der Waals surface area contributed by atoms with Gasteiger partial charge in [0.2, 0.25) is 5.43 Å². The summed E-state index contributed by atoms with van der Waals surface area (Å²) in [5.74, 6) is -3.04. The molecule has 5 aromatic rings. The summed E-state index contributed by atoms with van der Waals surface area (Å²) >= 11 is 0. The highest BCUT2D eigenvalue weighted by atomic mass is 19.1. The van der Waals surface area contributed by atoms with E-state index in [-0.39, 0.29) is 48.3 Å². The van der Waals surface area contributed by atoms with Gasteiger partial charge < -0.3 is 29.2 Å². The molecule has 9 nitrogen and oxygen atoms in total. The van der Waals surface area contributed by atoms with Crippen molar-refractivity contribution >= 4 is 22.7 Å². The lowest BCUT2D eigenvalue weighted by Crippen LogP contribution is -2.50. The van der Waals surface area contributed by atoms with Crippen molar-refractivity contribution in [3.05, 3.63) is 135 Å². The van der Waals surface area contributed by atoms with E-state index in [0.29, 0.717) is 13.0 Å². The number of hydrogen-bond acceptors (Lipinski definition) is 5. The number of H-pyrrole nitrogens is 1. The second-order valence-corrected chi connectivity index (χ2v) is 11.1. The van der Waals surface area contributed by atoms with Crippen LogP contribution in [0.25, 0.3) is 10.9 Å². The summed E-state index contributed by atoms with van der Waals surface area (Å²) in [6, 6.07) is 19.8. The predicted octanol–water partition coefficient (Wildman–Crippen LogP) is 4.54. The first-order chi connectivity index (χ1) is 21.9. The Hall–Kier alpha value is -5.29. The van der Waals surface area contributed by atoms with Crippen LogP contribution in [0.1, 0.15) is 37.5 Å². The Morgan fingerprint density at radius 1 is 1.02 bits per heavy atom. The van der Waals surface area contributed by atoms with Gasteiger partial charge in [-0.25, -0.2) is 8.78 Å². The normalized spacial score (nSPS) is 17.3. The number of aromatic nitrogens is 2. The lowest BCUT2D eigenvalue weighted by Gasteiger charge is -2.35. The Balaban J connectivity index is 1.21. The van der Waals surface area contributed by atoms with Crippen LogP contribution in [0.5, 0.6) is 5.75 Å². The highest BCUT2D eigenvalue weighted by Gasteiger charge is 2.45. The number of amides is 2. The molecule has 0 bridgehead atoms.